The number of anilines is 1. The zero-order valence-corrected chi connectivity index (χ0v) is 12.8. The number of hydrogen-bond donors (Lipinski definition) is 1. The molecule has 1 amide bonds. The number of carbonyl (C=O) groups excluding carboxylic acids is 1. The molecule has 2 aromatic rings. The number of amides is 1. The standard InChI is InChI=1S/C13H13N5O6/c1-23-10-5-11(24-2)16-13(15-10)14-9(19)7-17-6-8(18(21)22)3-4-12(17)20/h3-6H,7H2,1-2H3,(H,14,15,16,19). The van der Waals surface area contributed by atoms with Gasteiger partial charge in [0.05, 0.1) is 31.4 Å². The number of ether oxygens (including phenoxy) is 2. The maximum atomic E-state index is 12.0. The first kappa shape index (κ1) is 16.9. The molecule has 0 aliphatic heterocycles. The molecule has 0 saturated heterocycles. The Kier molecular flexibility index (Phi) is 5.04. The molecular weight excluding hydrogens is 322 g/mol. The second-order valence-corrected chi connectivity index (χ2v) is 4.43. The van der Waals surface area contributed by atoms with Crippen molar-refractivity contribution in [1.29, 1.82) is 0 Å². The first-order valence-corrected chi connectivity index (χ1v) is 6.54. The number of pyridine rings is 1. The molecule has 0 saturated carbocycles. The number of aromatic nitrogens is 3. The lowest BCUT2D eigenvalue weighted by Crippen LogP contribution is -2.27. The number of nitro groups is 1. The highest BCUT2D eigenvalue weighted by atomic mass is 16.6. The number of rotatable bonds is 6. The lowest BCUT2D eigenvalue weighted by Gasteiger charge is -2.08. The summed E-state index contributed by atoms with van der Waals surface area (Å²) in [5.41, 5.74) is -0.860. The van der Waals surface area contributed by atoms with E-state index in [0.29, 0.717) is 0 Å². The summed E-state index contributed by atoms with van der Waals surface area (Å²) in [6.07, 6.45) is 0.981. The Hall–Kier alpha value is -3.50. The van der Waals surface area contributed by atoms with Gasteiger partial charge in [-0.05, 0) is 0 Å². The fraction of sp³-hybridized carbons (Fsp3) is 0.231. The Labute approximate surface area is 135 Å². The van der Waals surface area contributed by atoms with E-state index in [1.807, 2.05) is 0 Å². The molecule has 0 aromatic carbocycles. The Balaban J connectivity index is 2.18. The van der Waals surface area contributed by atoms with Crippen molar-refractivity contribution in [2.24, 2.45) is 0 Å². The number of carbonyl (C=O) groups is 1. The van der Waals surface area contributed by atoms with Gasteiger partial charge >= 0.3 is 0 Å². The van der Waals surface area contributed by atoms with Crippen LogP contribution in [0.2, 0.25) is 0 Å². The molecule has 0 aliphatic rings. The predicted octanol–water partition coefficient (Wildman–Crippen LogP) is 0.202. The summed E-state index contributed by atoms with van der Waals surface area (Å²) in [6, 6.07) is 3.49. The van der Waals surface area contributed by atoms with Crippen LogP contribution in [0.5, 0.6) is 11.8 Å². The average Bonchev–Trinajstić information content (AvgIpc) is 2.56. The van der Waals surface area contributed by atoms with Crippen LogP contribution in [0.3, 0.4) is 0 Å². The van der Waals surface area contributed by atoms with E-state index in [1.165, 1.54) is 20.3 Å². The predicted molar refractivity (Wildman–Crippen MR) is 81.1 cm³/mol. The zero-order valence-electron chi connectivity index (χ0n) is 12.8. The first-order chi connectivity index (χ1) is 11.4. The summed E-state index contributed by atoms with van der Waals surface area (Å²) in [5, 5.41) is 13.1. The molecule has 24 heavy (non-hydrogen) atoms. The van der Waals surface area contributed by atoms with Crippen molar-refractivity contribution < 1.29 is 19.2 Å². The summed E-state index contributed by atoms with van der Waals surface area (Å²) in [7, 11) is 2.77. The maximum absolute atomic E-state index is 12.0. The number of nitrogens with zero attached hydrogens (tertiary/aromatic N) is 4. The minimum atomic E-state index is -0.663. The molecule has 2 rings (SSSR count). The quantitative estimate of drug-likeness (QED) is 0.583. The highest BCUT2D eigenvalue weighted by molar-refractivity contribution is 5.88. The van der Waals surface area contributed by atoms with Crippen LogP contribution in [0.15, 0.2) is 29.2 Å². The van der Waals surface area contributed by atoms with E-state index < -0.39 is 22.9 Å². The van der Waals surface area contributed by atoms with E-state index in [-0.39, 0.29) is 23.4 Å². The van der Waals surface area contributed by atoms with Crippen LogP contribution in [0.4, 0.5) is 11.6 Å². The zero-order chi connectivity index (χ0) is 17.7. The monoisotopic (exact) mass is 335 g/mol. The molecule has 0 fully saturated rings. The Morgan fingerprint density at radius 1 is 1.29 bits per heavy atom. The van der Waals surface area contributed by atoms with Crippen molar-refractivity contribution in [1.82, 2.24) is 14.5 Å². The third kappa shape index (κ3) is 4.03. The second kappa shape index (κ2) is 7.17. The third-order valence-electron chi connectivity index (χ3n) is 2.84. The lowest BCUT2D eigenvalue weighted by molar-refractivity contribution is -0.385. The molecular formula is C13H13N5O6. The molecule has 0 spiro atoms. The van der Waals surface area contributed by atoms with Gasteiger partial charge in [0, 0.05) is 12.1 Å². The maximum Gasteiger partial charge on any atom is 0.285 e. The van der Waals surface area contributed by atoms with Gasteiger partial charge in [-0.3, -0.25) is 29.6 Å². The van der Waals surface area contributed by atoms with E-state index >= 15 is 0 Å². The summed E-state index contributed by atoms with van der Waals surface area (Å²) < 4.78 is 10.8. The van der Waals surface area contributed by atoms with Gasteiger partial charge < -0.3 is 9.47 Å². The normalized spacial score (nSPS) is 10.1. The number of nitrogens with one attached hydrogen (secondary N) is 1. The average molecular weight is 335 g/mol. The number of hydrogen-bond acceptors (Lipinski definition) is 8. The van der Waals surface area contributed by atoms with E-state index in [4.69, 9.17) is 9.47 Å². The third-order valence-corrected chi connectivity index (χ3v) is 2.84. The van der Waals surface area contributed by atoms with E-state index in [9.17, 15) is 19.7 Å². The van der Waals surface area contributed by atoms with Gasteiger partial charge in [-0.1, -0.05) is 0 Å². The minimum Gasteiger partial charge on any atom is -0.481 e. The summed E-state index contributed by atoms with van der Waals surface area (Å²) in [5.74, 6) is -0.392. The lowest BCUT2D eigenvalue weighted by atomic mass is 10.4. The van der Waals surface area contributed by atoms with Crippen LogP contribution in [0.1, 0.15) is 0 Å². The van der Waals surface area contributed by atoms with Crippen molar-refractivity contribution >= 4 is 17.5 Å². The Morgan fingerprint density at radius 2 is 1.92 bits per heavy atom. The van der Waals surface area contributed by atoms with Crippen LogP contribution in [-0.2, 0) is 11.3 Å². The molecule has 11 nitrogen and oxygen atoms in total. The fourth-order valence-corrected chi connectivity index (χ4v) is 1.74. The van der Waals surface area contributed by atoms with Crippen LogP contribution >= 0.6 is 0 Å². The molecule has 0 atom stereocenters. The van der Waals surface area contributed by atoms with Gasteiger partial charge in [-0.2, -0.15) is 9.97 Å². The number of methoxy groups -OCH3 is 2. The molecule has 11 heteroatoms. The van der Waals surface area contributed by atoms with Crippen molar-refractivity contribution in [3.05, 3.63) is 44.9 Å². The molecule has 2 aromatic heterocycles. The smallest absolute Gasteiger partial charge is 0.285 e. The molecule has 126 valence electrons. The summed E-state index contributed by atoms with van der Waals surface area (Å²) >= 11 is 0. The highest BCUT2D eigenvalue weighted by Crippen LogP contribution is 2.17. The van der Waals surface area contributed by atoms with Gasteiger partial charge in [0.2, 0.25) is 23.6 Å². The Morgan fingerprint density at radius 3 is 2.46 bits per heavy atom. The SMILES string of the molecule is COc1cc(OC)nc(NC(=O)Cn2cc([N+](=O)[O-])ccc2=O)n1. The molecule has 0 bridgehead atoms. The van der Waals surface area contributed by atoms with E-state index in [1.54, 1.807) is 0 Å². The largest absolute Gasteiger partial charge is 0.481 e. The van der Waals surface area contributed by atoms with Crippen molar-refractivity contribution in [2.45, 2.75) is 6.54 Å². The minimum absolute atomic E-state index is 0.0883. The molecule has 0 radical (unpaired) electrons. The molecule has 0 unspecified atom stereocenters. The second-order valence-electron chi connectivity index (χ2n) is 4.43. The Bertz CT molecular complexity index is 812. The van der Waals surface area contributed by atoms with Gasteiger partial charge in [0.15, 0.2) is 0 Å². The van der Waals surface area contributed by atoms with E-state index in [2.05, 4.69) is 15.3 Å². The molecule has 2 heterocycles. The van der Waals surface area contributed by atoms with Crippen molar-refractivity contribution in [3.8, 4) is 11.8 Å². The van der Waals surface area contributed by atoms with Gasteiger partial charge in [-0.15, -0.1) is 0 Å². The van der Waals surface area contributed by atoms with Crippen LogP contribution in [-0.4, -0.2) is 39.6 Å². The van der Waals surface area contributed by atoms with E-state index in [0.717, 1.165) is 22.9 Å². The van der Waals surface area contributed by atoms with Crippen molar-refractivity contribution in [2.75, 3.05) is 19.5 Å². The summed E-state index contributed by atoms with van der Waals surface area (Å²) in [4.78, 5) is 41.6. The topological polar surface area (TPSA) is 138 Å². The molecule has 1 N–H and O–H groups in total. The molecule has 0 aliphatic carbocycles. The van der Waals surface area contributed by atoms with Crippen LogP contribution in [0, 0.1) is 10.1 Å². The van der Waals surface area contributed by atoms with Gasteiger partial charge in [0.25, 0.3) is 11.2 Å². The van der Waals surface area contributed by atoms with Gasteiger partial charge in [-0.25, -0.2) is 0 Å². The van der Waals surface area contributed by atoms with Gasteiger partial charge in [0.1, 0.15) is 6.54 Å². The summed E-state index contributed by atoms with van der Waals surface area (Å²) in [6.45, 7) is -0.441. The van der Waals surface area contributed by atoms with Crippen LogP contribution in [0.25, 0.3) is 0 Å². The fourth-order valence-electron chi connectivity index (χ4n) is 1.74. The van der Waals surface area contributed by atoms with Crippen LogP contribution < -0.4 is 20.3 Å². The highest BCUT2D eigenvalue weighted by Gasteiger charge is 2.13. The first-order valence-electron chi connectivity index (χ1n) is 6.54. The van der Waals surface area contributed by atoms with Crippen molar-refractivity contribution in [3.63, 3.8) is 0 Å².